The lowest BCUT2D eigenvalue weighted by Gasteiger charge is -2.29. The average molecular weight is 700 g/mol. The molecule has 1 unspecified atom stereocenters. The molecule has 4 aromatic rings. The van der Waals surface area contributed by atoms with E-state index in [2.05, 4.69) is 38.3 Å². The number of nitrogens with zero attached hydrogens (tertiary/aromatic N) is 2. The molecule has 3 aromatic carbocycles. The second kappa shape index (κ2) is 12.5. The van der Waals surface area contributed by atoms with Crippen LogP contribution in [0, 0.1) is 3.57 Å². The molecule has 6 nitrogen and oxygen atoms in total. The molecule has 1 saturated heterocycles. The number of hydrogen-bond donors (Lipinski definition) is 1. The Kier molecular flexibility index (Phi) is 8.78. The molecule has 2 aliphatic rings. The van der Waals surface area contributed by atoms with Crippen molar-refractivity contribution < 1.29 is 13.2 Å². The van der Waals surface area contributed by atoms with Gasteiger partial charge in [-0.3, -0.25) is 9.69 Å². The molecule has 0 bridgehead atoms. The number of sulfonamides is 1. The van der Waals surface area contributed by atoms with Gasteiger partial charge < -0.3 is 4.90 Å². The fraction of sp³-hybridized carbons (Fsp3) is 0.344. The molecule has 214 valence electrons. The maximum atomic E-state index is 13.7. The SMILES string of the molecule is O=C(CC(NS(=O)(=O)c1ccc2ccccc2c1I)c1ccccc1)N1CCc2sc(CN3CCCCC3)cc2C1. The molecule has 9 heteroatoms. The third kappa shape index (κ3) is 6.54. The fourth-order valence-corrected chi connectivity index (χ4v) is 9.98. The summed E-state index contributed by atoms with van der Waals surface area (Å²) in [7, 11) is -3.90. The van der Waals surface area contributed by atoms with E-state index in [4.69, 9.17) is 0 Å². The van der Waals surface area contributed by atoms with Crippen LogP contribution in [0.25, 0.3) is 10.8 Å². The molecule has 2 aliphatic heterocycles. The molecule has 0 aliphatic carbocycles. The number of hydrogen-bond acceptors (Lipinski definition) is 5. The molecule has 1 atom stereocenters. The number of nitrogens with one attached hydrogen (secondary N) is 1. The lowest BCUT2D eigenvalue weighted by molar-refractivity contribution is -0.132. The summed E-state index contributed by atoms with van der Waals surface area (Å²) in [5.74, 6) is -0.0378. The molecule has 1 fully saturated rings. The number of carbonyl (C=O) groups excluding carboxylic acids is 1. The van der Waals surface area contributed by atoms with Crippen molar-refractivity contribution in [1.82, 2.24) is 14.5 Å². The summed E-state index contributed by atoms with van der Waals surface area (Å²) in [5, 5.41) is 1.88. The number of rotatable bonds is 8. The largest absolute Gasteiger partial charge is 0.338 e. The van der Waals surface area contributed by atoms with Crippen LogP contribution in [0.2, 0.25) is 0 Å². The number of thiophene rings is 1. The highest BCUT2D eigenvalue weighted by Gasteiger charge is 2.29. The maximum absolute atomic E-state index is 13.7. The zero-order valence-corrected chi connectivity index (χ0v) is 26.7. The van der Waals surface area contributed by atoms with E-state index < -0.39 is 16.1 Å². The van der Waals surface area contributed by atoms with Crippen molar-refractivity contribution in [2.75, 3.05) is 19.6 Å². The Morgan fingerprint density at radius 2 is 1.71 bits per heavy atom. The second-order valence-electron chi connectivity index (χ2n) is 11.0. The highest BCUT2D eigenvalue weighted by Crippen LogP contribution is 2.32. The molecule has 0 radical (unpaired) electrons. The van der Waals surface area contributed by atoms with E-state index in [0.29, 0.717) is 16.7 Å². The number of likely N-dealkylation sites (tertiary alicyclic amines) is 1. The van der Waals surface area contributed by atoms with Gasteiger partial charge in [-0.05, 0) is 89.0 Å². The number of halogens is 1. The standard InChI is InChI=1S/C32H34IN3O3S2/c33-32-27-12-6-5-9-23(27)13-14-30(32)41(38,39)34-28(24-10-3-1-4-11-24)20-31(37)36-18-15-29-25(21-36)19-26(40-29)22-35-16-7-2-8-17-35/h1,3-6,9-14,19,28,34H,2,7-8,15-18,20-22H2. The van der Waals surface area contributed by atoms with Gasteiger partial charge >= 0.3 is 0 Å². The minimum absolute atomic E-state index is 0.0378. The second-order valence-corrected chi connectivity index (χ2v) is 14.9. The third-order valence-corrected chi connectivity index (χ3v) is 12.4. The molecule has 41 heavy (non-hydrogen) atoms. The van der Waals surface area contributed by atoms with Gasteiger partial charge in [-0.1, -0.05) is 67.1 Å². The van der Waals surface area contributed by atoms with Crippen LogP contribution in [0.3, 0.4) is 0 Å². The smallest absolute Gasteiger partial charge is 0.242 e. The van der Waals surface area contributed by atoms with Crippen LogP contribution in [0.1, 0.15) is 52.6 Å². The highest BCUT2D eigenvalue weighted by atomic mass is 127. The van der Waals surface area contributed by atoms with Gasteiger partial charge in [0.15, 0.2) is 0 Å². The van der Waals surface area contributed by atoms with E-state index in [1.807, 2.05) is 76.9 Å². The Labute approximate surface area is 259 Å². The molecular weight excluding hydrogens is 665 g/mol. The van der Waals surface area contributed by atoms with Crippen LogP contribution in [0.15, 0.2) is 77.7 Å². The summed E-state index contributed by atoms with van der Waals surface area (Å²) in [6.45, 7) is 4.58. The molecule has 1 N–H and O–H groups in total. The summed E-state index contributed by atoms with van der Waals surface area (Å²) >= 11 is 4.00. The summed E-state index contributed by atoms with van der Waals surface area (Å²) in [5.41, 5.74) is 2.02. The van der Waals surface area contributed by atoms with Gasteiger partial charge in [-0.15, -0.1) is 11.3 Å². The first kappa shape index (κ1) is 28.8. The van der Waals surface area contributed by atoms with Gasteiger partial charge in [0.25, 0.3) is 0 Å². The van der Waals surface area contributed by atoms with E-state index in [-0.39, 0.29) is 17.2 Å². The van der Waals surface area contributed by atoms with E-state index in [0.717, 1.165) is 29.3 Å². The molecule has 3 heterocycles. The van der Waals surface area contributed by atoms with Gasteiger partial charge in [-0.25, -0.2) is 13.1 Å². The quantitative estimate of drug-likeness (QED) is 0.214. The minimum atomic E-state index is -3.90. The molecule has 0 saturated carbocycles. The lowest BCUT2D eigenvalue weighted by Crippen LogP contribution is -2.39. The molecule has 0 spiro atoms. The summed E-state index contributed by atoms with van der Waals surface area (Å²) in [6, 6.07) is 22.3. The topological polar surface area (TPSA) is 69.7 Å². The predicted octanol–water partition coefficient (Wildman–Crippen LogP) is 6.49. The van der Waals surface area contributed by atoms with Crippen molar-refractivity contribution in [3.63, 3.8) is 0 Å². The minimum Gasteiger partial charge on any atom is -0.338 e. The Bertz CT molecular complexity index is 1650. The first-order valence-corrected chi connectivity index (χ1v) is 17.6. The van der Waals surface area contributed by atoms with E-state index in [9.17, 15) is 13.2 Å². The number of amides is 1. The number of piperidine rings is 1. The van der Waals surface area contributed by atoms with Crippen molar-refractivity contribution >= 4 is 60.6 Å². The molecule has 6 rings (SSSR count). The average Bonchev–Trinajstić information content (AvgIpc) is 3.39. The Morgan fingerprint density at radius 3 is 2.51 bits per heavy atom. The molecule has 1 amide bonds. The van der Waals surface area contributed by atoms with Gasteiger partial charge in [0, 0.05) is 39.4 Å². The monoisotopic (exact) mass is 699 g/mol. The number of benzene rings is 3. The highest BCUT2D eigenvalue weighted by molar-refractivity contribution is 14.1. The van der Waals surface area contributed by atoms with E-state index in [1.165, 1.54) is 47.7 Å². The first-order valence-electron chi connectivity index (χ1n) is 14.2. The van der Waals surface area contributed by atoms with Crippen molar-refractivity contribution in [3.05, 3.63) is 97.2 Å². The summed E-state index contributed by atoms with van der Waals surface area (Å²) < 4.78 is 31.0. The fourth-order valence-electron chi connectivity index (χ4n) is 5.91. The number of fused-ring (bicyclic) bond motifs is 2. The van der Waals surface area contributed by atoms with Gasteiger partial charge in [-0.2, -0.15) is 0 Å². The number of carbonyl (C=O) groups is 1. The van der Waals surface area contributed by atoms with Crippen LogP contribution in [0.5, 0.6) is 0 Å². The van der Waals surface area contributed by atoms with Gasteiger partial charge in [0.1, 0.15) is 0 Å². The van der Waals surface area contributed by atoms with Crippen molar-refractivity contribution in [1.29, 1.82) is 0 Å². The van der Waals surface area contributed by atoms with Crippen LogP contribution in [-0.4, -0.2) is 43.8 Å². The predicted molar refractivity (Wildman–Crippen MR) is 173 cm³/mol. The lowest BCUT2D eigenvalue weighted by atomic mass is 10.0. The van der Waals surface area contributed by atoms with Crippen molar-refractivity contribution in [3.8, 4) is 0 Å². The Morgan fingerprint density at radius 1 is 0.951 bits per heavy atom. The van der Waals surface area contributed by atoms with Crippen LogP contribution in [-0.2, 0) is 34.3 Å². The first-order chi connectivity index (χ1) is 19.9. The van der Waals surface area contributed by atoms with Gasteiger partial charge in [0.2, 0.25) is 15.9 Å². The van der Waals surface area contributed by atoms with Crippen molar-refractivity contribution in [2.45, 2.75) is 56.1 Å². The van der Waals surface area contributed by atoms with Crippen LogP contribution < -0.4 is 4.72 Å². The Hall–Kier alpha value is -2.31. The van der Waals surface area contributed by atoms with Crippen molar-refractivity contribution in [2.24, 2.45) is 0 Å². The third-order valence-electron chi connectivity index (χ3n) is 8.09. The van der Waals surface area contributed by atoms with E-state index >= 15 is 0 Å². The van der Waals surface area contributed by atoms with Gasteiger partial charge in [0.05, 0.1) is 10.9 Å². The van der Waals surface area contributed by atoms with Crippen LogP contribution in [0.4, 0.5) is 0 Å². The van der Waals surface area contributed by atoms with Crippen LogP contribution >= 0.6 is 33.9 Å². The summed E-state index contributed by atoms with van der Waals surface area (Å²) in [4.78, 5) is 21.1. The Balaban J connectivity index is 1.19. The molecular formula is C32H34IN3O3S2. The zero-order valence-electron chi connectivity index (χ0n) is 22.9. The zero-order chi connectivity index (χ0) is 28.4. The van der Waals surface area contributed by atoms with E-state index in [1.54, 1.807) is 6.07 Å². The maximum Gasteiger partial charge on any atom is 0.242 e. The normalized spacial score (nSPS) is 17.0. The summed E-state index contributed by atoms with van der Waals surface area (Å²) in [6.07, 6.45) is 4.80. The molecule has 1 aromatic heterocycles.